The highest BCUT2D eigenvalue weighted by molar-refractivity contribution is 6.36. The summed E-state index contributed by atoms with van der Waals surface area (Å²) < 4.78 is 0. The number of nitriles is 1. The smallest absolute Gasteiger partial charge is 0.240 e. The highest BCUT2D eigenvalue weighted by Crippen LogP contribution is 2.28. The number of halogens is 2. The number of carbonyl (C=O) groups is 2. The molecule has 0 aliphatic carbocycles. The molecule has 7 heteroatoms. The fraction of sp³-hybridized carbons (Fsp3) is 0.348. The lowest BCUT2D eigenvalue weighted by atomic mass is 10.0. The van der Waals surface area contributed by atoms with Gasteiger partial charge < -0.3 is 4.90 Å². The maximum Gasteiger partial charge on any atom is 0.240 e. The highest BCUT2D eigenvalue weighted by Gasteiger charge is 2.23. The largest absolute Gasteiger partial charge is 0.314 e. The number of rotatable bonds is 10. The summed E-state index contributed by atoms with van der Waals surface area (Å²) in [7, 11) is 1.64. The van der Waals surface area contributed by atoms with Gasteiger partial charge in [0.25, 0.3) is 0 Å². The molecule has 0 aliphatic heterocycles. The minimum absolute atomic E-state index is 0.167. The monoisotopic (exact) mass is 445 g/mol. The minimum atomic E-state index is -0.301. The summed E-state index contributed by atoms with van der Waals surface area (Å²) in [5, 5.41) is 9.62. The number of unbranched alkanes of at least 4 members (excludes halogenated alkanes) is 1. The predicted octanol–water partition coefficient (Wildman–Crippen LogP) is 5.20. The van der Waals surface area contributed by atoms with Crippen LogP contribution in [0, 0.1) is 11.3 Å². The van der Waals surface area contributed by atoms with Gasteiger partial charge in [-0.3, -0.25) is 14.5 Å². The van der Waals surface area contributed by atoms with Crippen LogP contribution < -0.4 is 4.90 Å². The van der Waals surface area contributed by atoms with Gasteiger partial charge in [0.05, 0.1) is 23.3 Å². The molecule has 0 saturated carbocycles. The summed E-state index contributed by atoms with van der Waals surface area (Å²) >= 11 is 12.3. The van der Waals surface area contributed by atoms with Gasteiger partial charge in [0.2, 0.25) is 5.91 Å². The first kappa shape index (κ1) is 23.9. The molecule has 0 aromatic heterocycles. The Hall–Kier alpha value is -2.39. The van der Waals surface area contributed by atoms with Crippen molar-refractivity contribution in [1.29, 1.82) is 5.26 Å². The normalized spacial score (nSPS) is 10.7. The van der Waals surface area contributed by atoms with Crippen molar-refractivity contribution in [1.82, 2.24) is 4.90 Å². The Bertz CT molecular complexity index is 940. The zero-order valence-electron chi connectivity index (χ0n) is 17.2. The molecule has 0 spiro atoms. The van der Waals surface area contributed by atoms with Gasteiger partial charge in [-0.05, 0) is 43.3 Å². The van der Waals surface area contributed by atoms with Crippen molar-refractivity contribution >= 4 is 40.6 Å². The first-order chi connectivity index (χ1) is 14.4. The molecule has 2 aromatic rings. The maximum atomic E-state index is 13.1. The first-order valence-corrected chi connectivity index (χ1v) is 10.6. The van der Waals surface area contributed by atoms with Gasteiger partial charge in [0.15, 0.2) is 5.78 Å². The average Bonchev–Trinajstić information content (AvgIpc) is 2.74. The number of nitrogens with zero attached hydrogens (tertiary/aromatic N) is 3. The molecule has 0 bridgehead atoms. The van der Waals surface area contributed by atoms with Crippen LogP contribution in [0.25, 0.3) is 0 Å². The van der Waals surface area contributed by atoms with Crippen LogP contribution in [0.1, 0.15) is 42.1 Å². The van der Waals surface area contributed by atoms with E-state index in [0.717, 1.165) is 19.4 Å². The van der Waals surface area contributed by atoms with Crippen LogP contribution in [-0.4, -0.2) is 43.3 Å². The summed E-state index contributed by atoms with van der Waals surface area (Å²) in [5.74, 6) is -0.468. The van der Waals surface area contributed by atoms with Crippen LogP contribution in [-0.2, 0) is 4.79 Å². The van der Waals surface area contributed by atoms with E-state index in [0.29, 0.717) is 39.8 Å². The second kappa shape index (κ2) is 11.7. The molecule has 0 unspecified atom stereocenters. The molecule has 2 rings (SSSR count). The molecular weight excluding hydrogens is 421 g/mol. The van der Waals surface area contributed by atoms with E-state index in [2.05, 4.69) is 13.0 Å². The first-order valence-electron chi connectivity index (χ1n) is 9.83. The molecule has 0 aliphatic rings. The van der Waals surface area contributed by atoms with Crippen LogP contribution in [0.2, 0.25) is 10.0 Å². The number of hydrogen-bond donors (Lipinski definition) is 0. The molecule has 0 saturated heterocycles. The lowest BCUT2D eigenvalue weighted by Gasteiger charge is -2.25. The van der Waals surface area contributed by atoms with Crippen molar-refractivity contribution in [2.24, 2.45) is 0 Å². The summed E-state index contributed by atoms with van der Waals surface area (Å²) in [6.45, 7) is 3.52. The summed E-state index contributed by atoms with van der Waals surface area (Å²) in [6, 6.07) is 13.8. The molecule has 0 fully saturated rings. The van der Waals surface area contributed by atoms with E-state index in [1.54, 1.807) is 49.5 Å². The Kier molecular flexibility index (Phi) is 9.32. The lowest BCUT2D eigenvalue weighted by molar-refractivity contribution is -0.119. The number of benzene rings is 2. The van der Waals surface area contributed by atoms with Crippen molar-refractivity contribution in [2.45, 2.75) is 26.2 Å². The lowest BCUT2D eigenvalue weighted by Crippen LogP contribution is -2.39. The van der Waals surface area contributed by atoms with Gasteiger partial charge >= 0.3 is 0 Å². The van der Waals surface area contributed by atoms with Gasteiger partial charge in [0.1, 0.15) is 0 Å². The number of anilines is 1. The van der Waals surface area contributed by atoms with E-state index in [1.165, 1.54) is 4.90 Å². The summed E-state index contributed by atoms with van der Waals surface area (Å²) in [4.78, 5) is 29.6. The van der Waals surface area contributed by atoms with Crippen LogP contribution in [0.3, 0.4) is 0 Å². The Labute approximate surface area is 187 Å². The third-order valence-corrected chi connectivity index (χ3v) is 5.35. The van der Waals surface area contributed by atoms with Gasteiger partial charge in [-0.1, -0.05) is 48.7 Å². The van der Waals surface area contributed by atoms with Gasteiger partial charge in [-0.25, -0.2) is 0 Å². The van der Waals surface area contributed by atoms with Crippen molar-refractivity contribution in [2.75, 3.05) is 31.6 Å². The van der Waals surface area contributed by atoms with Crippen molar-refractivity contribution in [3.8, 4) is 6.07 Å². The predicted molar refractivity (Wildman–Crippen MR) is 121 cm³/mol. The van der Waals surface area contributed by atoms with E-state index in [4.69, 9.17) is 28.5 Å². The van der Waals surface area contributed by atoms with Crippen molar-refractivity contribution in [3.63, 3.8) is 0 Å². The fourth-order valence-electron chi connectivity index (χ4n) is 3.06. The van der Waals surface area contributed by atoms with E-state index in [9.17, 15) is 9.59 Å². The molecule has 0 N–H and O–H groups in total. The molecule has 0 radical (unpaired) electrons. The zero-order valence-corrected chi connectivity index (χ0v) is 18.7. The summed E-state index contributed by atoms with van der Waals surface area (Å²) in [5.41, 5.74) is 1.12. The number of ketones is 1. The topological polar surface area (TPSA) is 64.4 Å². The van der Waals surface area contributed by atoms with Crippen LogP contribution in [0.5, 0.6) is 0 Å². The Morgan fingerprint density at radius 2 is 1.80 bits per heavy atom. The summed E-state index contributed by atoms with van der Waals surface area (Å²) in [6.07, 6.45) is 2.30. The molecule has 30 heavy (non-hydrogen) atoms. The van der Waals surface area contributed by atoms with Gasteiger partial charge in [0, 0.05) is 36.2 Å². The number of carbonyl (C=O) groups excluding carboxylic acids is 2. The van der Waals surface area contributed by atoms with E-state index in [1.807, 2.05) is 4.90 Å². The number of hydrogen-bond acceptors (Lipinski definition) is 4. The van der Waals surface area contributed by atoms with Crippen LogP contribution in [0.4, 0.5) is 5.69 Å². The average molecular weight is 446 g/mol. The Balaban J connectivity index is 2.29. The molecule has 1 amide bonds. The quantitative estimate of drug-likeness (QED) is 0.471. The minimum Gasteiger partial charge on any atom is -0.314 e. The molecule has 2 aromatic carbocycles. The number of likely N-dealkylation sites (N-methyl/N-ethyl adjacent to an activating group) is 1. The molecule has 5 nitrogen and oxygen atoms in total. The van der Waals surface area contributed by atoms with Crippen LogP contribution >= 0.6 is 23.2 Å². The molecular formula is C23H25Cl2N3O2. The highest BCUT2D eigenvalue weighted by atomic mass is 35.5. The SMILES string of the molecule is CCCCN(CCC#N)CC(=O)N(C)c1ccc(Cl)cc1C(=O)c1ccccc1Cl. The third kappa shape index (κ3) is 6.30. The fourth-order valence-corrected chi connectivity index (χ4v) is 3.46. The van der Waals surface area contributed by atoms with Crippen LogP contribution in [0.15, 0.2) is 42.5 Å². The molecule has 0 atom stereocenters. The number of amides is 1. The van der Waals surface area contributed by atoms with E-state index in [-0.39, 0.29) is 18.2 Å². The van der Waals surface area contributed by atoms with Gasteiger partial charge in [-0.2, -0.15) is 5.26 Å². The Morgan fingerprint density at radius 1 is 1.07 bits per heavy atom. The molecule has 0 heterocycles. The maximum absolute atomic E-state index is 13.1. The standard InChI is InChI=1S/C23H25Cl2N3O2/c1-3-4-13-28(14-7-12-26)16-22(29)27(2)21-11-10-17(24)15-19(21)23(30)18-8-5-6-9-20(18)25/h5-6,8-11,15H,3-4,7,13-14,16H2,1-2H3. The zero-order chi connectivity index (χ0) is 22.1. The van der Waals surface area contributed by atoms with Crippen molar-refractivity contribution in [3.05, 3.63) is 63.6 Å². The molecule has 158 valence electrons. The Morgan fingerprint density at radius 3 is 2.47 bits per heavy atom. The third-order valence-electron chi connectivity index (χ3n) is 4.78. The van der Waals surface area contributed by atoms with Gasteiger partial charge in [-0.15, -0.1) is 0 Å². The second-order valence-electron chi connectivity index (χ2n) is 6.96. The second-order valence-corrected chi connectivity index (χ2v) is 7.80. The van der Waals surface area contributed by atoms with E-state index < -0.39 is 0 Å². The van der Waals surface area contributed by atoms with Crippen molar-refractivity contribution < 1.29 is 9.59 Å². The van der Waals surface area contributed by atoms with E-state index >= 15 is 0 Å².